The molecule has 0 N–H and O–H groups in total. The van der Waals surface area contributed by atoms with Crippen molar-refractivity contribution in [1.29, 1.82) is 0 Å². The minimum atomic E-state index is -4.65. The summed E-state index contributed by atoms with van der Waals surface area (Å²) in [6.45, 7) is -0.255. The van der Waals surface area contributed by atoms with Crippen molar-refractivity contribution in [2.75, 3.05) is 20.2 Å². The third-order valence-electron chi connectivity index (χ3n) is 2.19. The van der Waals surface area contributed by atoms with Crippen molar-refractivity contribution in [2.24, 2.45) is 0 Å². The zero-order chi connectivity index (χ0) is 11.6. The van der Waals surface area contributed by atoms with Crippen LogP contribution in [-0.2, 0) is 24.5 Å². The highest BCUT2D eigenvalue weighted by molar-refractivity contribution is 7.87. The van der Waals surface area contributed by atoms with Crippen molar-refractivity contribution < 1.29 is 26.6 Å². The van der Waals surface area contributed by atoms with Gasteiger partial charge in [0.2, 0.25) is 0 Å². The van der Waals surface area contributed by atoms with Crippen LogP contribution in [0.3, 0.4) is 0 Å². The van der Waals surface area contributed by atoms with Crippen LogP contribution in [0.2, 0.25) is 0 Å². The van der Waals surface area contributed by atoms with Gasteiger partial charge in [-0.25, -0.2) is 4.79 Å². The molecule has 1 heterocycles. The first-order chi connectivity index (χ1) is 6.86. The first-order valence-corrected chi connectivity index (χ1v) is 5.61. The summed E-state index contributed by atoms with van der Waals surface area (Å²) in [5, 5.41) is -1.23. The second-order valence-corrected chi connectivity index (χ2v) is 4.75. The molecule has 1 unspecified atom stereocenters. The summed E-state index contributed by atoms with van der Waals surface area (Å²) < 4.78 is 37.7. The number of ether oxygens (including phenoxy) is 1. The summed E-state index contributed by atoms with van der Waals surface area (Å²) in [4.78, 5) is 22.9. The van der Waals surface area contributed by atoms with E-state index in [1.165, 1.54) is 0 Å². The first kappa shape index (κ1) is 11.9. The third-order valence-corrected chi connectivity index (χ3v) is 3.37. The Morgan fingerprint density at radius 3 is 2.47 bits per heavy atom. The molecule has 8 heteroatoms. The molecule has 0 bridgehead atoms. The molecule has 1 aliphatic rings. The van der Waals surface area contributed by atoms with Crippen molar-refractivity contribution in [3.63, 3.8) is 0 Å². The van der Waals surface area contributed by atoms with Gasteiger partial charge >= 0.3 is 22.1 Å². The lowest BCUT2D eigenvalue weighted by Gasteiger charge is -2.13. The van der Waals surface area contributed by atoms with Crippen LogP contribution in [-0.4, -0.2) is 50.6 Å². The van der Waals surface area contributed by atoms with Crippen LogP contribution < -0.4 is 0 Å². The van der Waals surface area contributed by atoms with Gasteiger partial charge in [-0.05, 0) is 6.42 Å². The van der Waals surface area contributed by atoms with Crippen molar-refractivity contribution in [2.45, 2.75) is 11.7 Å². The molecule has 1 rings (SSSR count). The van der Waals surface area contributed by atoms with E-state index in [-0.39, 0.29) is 19.5 Å². The monoisotopic (exact) mass is 239 g/mol. The zero-order valence-corrected chi connectivity index (χ0v) is 8.79. The van der Waals surface area contributed by atoms with Gasteiger partial charge in [0.15, 0.2) is 0 Å². The summed E-state index contributed by atoms with van der Waals surface area (Å²) in [7, 11) is -3.61. The molecule has 1 aliphatic heterocycles. The summed E-state index contributed by atoms with van der Waals surface area (Å²) in [6.07, 6.45) is 0.00156. The van der Waals surface area contributed by atoms with E-state index in [2.05, 4.69) is 4.74 Å². The van der Waals surface area contributed by atoms with Crippen LogP contribution in [0, 0.1) is 0 Å². The Morgan fingerprint density at radius 2 is 2.07 bits per heavy atom. The molecule has 1 fully saturated rings. The topological polar surface area (TPSA) is 80.8 Å². The molecule has 6 nitrogen and oxygen atoms in total. The highest BCUT2D eigenvalue weighted by Gasteiger charge is 2.37. The number of hydrogen-bond acceptors (Lipinski definition) is 5. The molecule has 0 aliphatic carbocycles. The van der Waals surface area contributed by atoms with Crippen molar-refractivity contribution in [3.8, 4) is 0 Å². The lowest BCUT2D eigenvalue weighted by molar-refractivity contribution is -0.157. The summed E-state index contributed by atoms with van der Waals surface area (Å²) >= 11 is 0. The maximum absolute atomic E-state index is 12.5. The van der Waals surface area contributed by atoms with Gasteiger partial charge < -0.3 is 9.64 Å². The van der Waals surface area contributed by atoms with E-state index in [9.17, 15) is 21.9 Å². The van der Waals surface area contributed by atoms with Gasteiger partial charge in [0.05, 0.1) is 7.11 Å². The van der Waals surface area contributed by atoms with E-state index >= 15 is 0 Å². The Hall–Kier alpha value is -1.18. The minimum Gasteiger partial charge on any atom is -0.462 e. The molecule has 1 saturated heterocycles. The maximum Gasteiger partial charge on any atom is 0.396 e. The maximum atomic E-state index is 12.5. The Bertz CT molecular complexity index is 379. The van der Waals surface area contributed by atoms with Crippen molar-refractivity contribution >= 4 is 22.1 Å². The first-order valence-electron chi connectivity index (χ1n) is 4.17. The molecule has 0 aromatic heterocycles. The number of carbonyl (C=O) groups excluding carboxylic acids is 2. The Balaban J connectivity index is 2.65. The van der Waals surface area contributed by atoms with E-state index in [1.807, 2.05) is 0 Å². The fourth-order valence-corrected chi connectivity index (χ4v) is 2.10. The number of likely N-dealkylation sites (tertiary alicyclic amines) is 1. The smallest absolute Gasteiger partial charge is 0.396 e. The van der Waals surface area contributed by atoms with Crippen LogP contribution in [0.25, 0.3) is 0 Å². The zero-order valence-electron chi connectivity index (χ0n) is 7.97. The Morgan fingerprint density at radius 1 is 1.47 bits per heavy atom. The number of hydrogen-bond donors (Lipinski definition) is 0. The molecule has 15 heavy (non-hydrogen) atoms. The quantitative estimate of drug-likeness (QED) is 0.335. The van der Waals surface area contributed by atoms with E-state index in [0.29, 0.717) is 0 Å². The Labute approximate surface area is 86.2 Å². The molecule has 0 aromatic carbocycles. The predicted molar refractivity (Wildman–Crippen MR) is 47.0 cm³/mol. The molecule has 0 radical (unpaired) electrons. The molecule has 86 valence electrons. The second kappa shape index (κ2) is 4.13. The fourth-order valence-electron chi connectivity index (χ4n) is 1.36. The minimum absolute atomic E-state index is 0.00156. The standard InChI is InChI=1S/C7H10FNO5S/c1-14-7(11)6(10)9-3-2-5(4-9)15(8,12)13/h5H,2-4H2,1H3. The SMILES string of the molecule is COC(=O)C(=O)N1CCC(S(=O)(=O)F)C1. The number of nitrogens with zero attached hydrogens (tertiary/aromatic N) is 1. The van der Waals surface area contributed by atoms with Gasteiger partial charge in [0.25, 0.3) is 0 Å². The van der Waals surface area contributed by atoms with Gasteiger partial charge in [0, 0.05) is 13.1 Å². The molecule has 0 spiro atoms. The van der Waals surface area contributed by atoms with E-state index < -0.39 is 27.3 Å². The molecule has 1 atom stereocenters. The van der Waals surface area contributed by atoms with Crippen LogP contribution >= 0.6 is 0 Å². The number of methoxy groups -OCH3 is 1. The highest BCUT2D eigenvalue weighted by atomic mass is 32.3. The van der Waals surface area contributed by atoms with Crippen LogP contribution in [0.1, 0.15) is 6.42 Å². The van der Waals surface area contributed by atoms with Crippen LogP contribution in [0.15, 0.2) is 0 Å². The summed E-state index contributed by atoms with van der Waals surface area (Å²) in [6, 6.07) is 0. The van der Waals surface area contributed by atoms with Crippen molar-refractivity contribution in [1.82, 2.24) is 4.90 Å². The van der Waals surface area contributed by atoms with Crippen molar-refractivity contribution in [3.05, 3.63) is 0 Å². The number of halogens is 1. The van der Waals surface area contributed by atoms with Crippen LogP contribution in [0.5, 0.6) is 0 Å². The average molecular weight is 239 g/mol. The summed E-state index contributed by atoms with van der Waals surface area (Å²) in [5.74, 6) is -2.02. The van der Waals surface area contributed by atoms with E-state index in [0.717, 1.165) is 12.0 Å². The second-order valence-electron chi connectivity index (χ2n) is 3.13. The molecule has 1 amide bonds. The molecular formula is C7H10FNO5S. The van der Waals surface area contributed by atoms with Crippen LogP contribution in [0.4, 0.5) is 3.89 Å². The Kier molecular flexibility index (Phi) is 3.28. The average Bonchev–Trinajstić information content (AvgIpc) is 2.63. The number of amides is 1. The van der Waals surface area contributed by atoms with Gasteiger partial charge in [-0.1, -0.05) is 0 Å². The predicted octanol–water partition coefficient (Wildman–Crippen LogP) is -0.940. The molecular weight excluding hydrogens is 229 g/mol. The van der Waals surface area contributed by atoms with E-state index in [1.54, 1.807) is 0 Å². The van der Waals surface area contributed by atoms with Gasteiger partial charge in [-0.15, -0.1) is 3.89 Å². The van der Waals surface area contributed by atoms with Gasteiger partial charge in [0.1, 0.15) is 5.25 Å². The lowest BCUT2D eigenvalue weighted by atomic mass is 10.4. The van der Waals surface area contributed by atoms with E-state index in [4.69, 9.17) is 0 Å². The molecule has 0 saturated carbocycles. The number of rotatable bonds is 1. The third kappa shape index (κ3) is 2.65. The van der Waals surface area contributed by atoms with Gasteiger partial charge in [-0.3, -0.25) is 4.79 Å². The lowest BCUT2D eigenvalue weighted by Crippen LogP contribution is -2.36. The summed E-state index contributed by atoms with van der Waals surface area (Å²) in [5.41, 5.74) is 0. The van der Waals surface area contributed by atoms with Gasteiger partial charge in [-0.2, -0.15) is 8.42 Å². The fraction of sp³-hybridized carbons (Fsp3) is 0.714. The molecule has 0 aromatic rings. The number of carbonyl (C=O) groups is 2. The normalized spacial score (nSPS) is 21.5. The largest absolute Gasteiger partial charge is 0.462 e. The number of esters is 1. The highest BCUT2D eigenvalue weighted by Crippen LogP contribution is 2.18.